The normalized spacial score (nSPS) is 17.0. The van der Waals surface area contributed by atoms with E-state index in [2.05, 4.69) is 14.6 Å². The van der Waals surface area contributed by atoms with Crippen molar-refractivity contribution >= 4 is 55.9 Å². The first-order valence-electron chi connectivity index (χ1n) is 17.2. The summed E-state index contributed by atoms with van der Waals surface area (Å²) in [5, 5.41) is 1.12. The van der Waals surface area contributed by atoms with Crippen LogP contribution >= 0.6 is 23.2 Å². The number of para-hydroxylation sites is 1. The lowest BCUT2D eigenvalue weighted by Crippen LogP contribution is -2.62. The van der Waals surface area contributed by atoms with E-state index in [4.69, 9.17) is 33.7 Å². The summed E-state index contributed by atoms with van der Waals surface area (Å²) in [4.78, 5) is 37.0. The molecule has 0 bridgehead atoms. The van der Waals surface area contributed by atoms with Crippen molar-refractivity contribution in [1.29, 1.82) is 0 Å². The smallest absolute Gasteiger partial charge is 0.243 e. The third-order valence-corrected chi connectivity index (χ3v) is 12.2. The van der Waals surface area contributed by atoms with Crippen molar-refractivity contribution in [3.8, 4) is 5.75 Å². The van der Waals surface area contributed by atoms with Gasteiger partial charge in [-0.25, -0.2) is 13.4 Å². The van der Waals surface area contributed by atoms with Gasteiger partial charge in [0.2, 0.25) is 21.8 Å². The summed E-state index contributed by atoms with van der Waals surface area (Å²) >= 11 is 13.3. The molecule has 50 heavy (non-hydrogen) atoms. The van der Waals surface area contributed by atoms with Gasteiger partial charge in [-0.2, -0.15) is 4.72 Å². The van der Waals surface area contributed by atoms with Crippen molar-refractivity contribution in [2.45, 2.75) is 81.9 Å². The third kappa shape index (κ3) is 8.54. The SMILES string of the molecule is Cc1cc(C)c2cccc(OCc3c(Cl)ccc(S(=O)(=O)NC4(C(=O)N5CCN(C(=O)C(N)CCCCN(C)C)CC5)CCCC4)c3Cl)c2n1. The summed E-state index contributed by atoms with van der Waals surface area (Å²) in [6.45, 7) is 6.04. The van der Waals surface area contributed by atoms with E-state index in [1.165, 1.54) is 12.1 Å². The van der Waals surface area contributed by atoms with E-state index in [1.807, 2.05) is 46.1 Å². The first-order valence-corrected chi connectivity index (χ1v) is 19.5. The first kappa shape index (κ1) is 38.2. The number of halogens is 2. The lowest BCUT2D eigenvalue weighted by atomic mass is 9.96. The summed E-state index contributed by atoms with van der Waals surface area (Å²) in [5.74, 6) is 0.116. The van der Waals surface area contributed by atoms with Gasteiger partial charge in [0.25, 0.3) is 0 Å². The monoisotopic (exact) mass is 746 g/mol. The Bertz CT molecular complexity index is 1830. The van der Waals surface area contributed by atoms with E-state index in [1.54, 1.807) is 15.9 Å². The van der Waals surface area contributed by atoms with E-state index in [0.29, 0.717) is 75.1 Å². The second-order valence-electron chi connectivity index (χ2n) is 13.8. The Labute approximate surface area is 305 Å². The molecule has 2 aliphatic rings. The highest BCUT2D eigenvalue weighted by Crippen LogP contribution is 2.37. The average molecular weight is 748 g/mol. The first-order chi connectivity index (χ1) is 23.7. The van der Waals surface area contributed by atoms with Gasteiger partial charge in [0.1, 0.15) is 28.3 Å². The van der Waals surface area contributed by atoms with E-state index in [9.17, 15) is 18.0 Å². The zero-order valence-electron chi connectivity index (χ0n) is 29.3. The van der Waals surface area contributed by atoms with Gasteiger partial charge in [-0.3, -0.25) is 9.59 Å². The number of piperazine rings is 1. The molecule has 14 heteroatoms. The van der Waals surface area contributed by atoms with Gasteiger partial charge in [0.15, 0.2) is 0 Å². The van der Waals surface area contributed by atoms with Crippen LogP contribution in [0, 0.1) is 13.8 Å². The minimum absolute atomic E-state index is 0.0728. The lowest BCUT2D eigenvalue weighted by Gasteiger charge is -2.40. The quantitative estimate of drug-likeness (QED) is 0.232. The number of hydrogen-bond acceptors (Lipinski definition) is 8. The molecular weight excluding hydrogens is 699 g/mol. The molecule has 0 spiro atoms. The summed E-state index contributed by atoms with van der Waals surface area (Å²) in [6.07, 6.45) is 4.54. The van der Waals surface area contributed by atoms with Crippen molar-refractivity contribution in [1.82, 2.24) is 24.4 Å². The van der Waals surface area contributed by atoms with Crippen LogP contribution in [0.15, 0.2) is 41.3 Å². The maximum Gasteiger partial charge on any atom is 0.243 e. The number of hydrogen-bond donors (Lipinski definition) is 2. The second-order valence-corrected chi connectivity index (χ2v) is 16.2. The van der Waals surface area contributed by atoms with Crippen LogP contribution in [0.2, 0.25) is 10.0 Å². The summed E-state index contributed by atoms with van der Waals surface area (Å²) < 4.78 is 37.0. The molecule has 3 N–H and O–H groups in total. The molecular formula is C36H48Cl2N6O5S. The molecule has 3 aromatic rings. The lowest BCUT2D eigenvalue weighted by molar-refractivity contribution is -0.144. The van der Waals surface area contributed by atoms with Gasteiger partial charge in [-0.05, 0) is 90.0 Å². The van der Waals surface area contributed by atoms with Gasteiger partial charge >= 0.3 is 0 Å². The number of nitrogens with zero attached hydrogens (tertiary/aromatic N) is 4. The Balaban J connectivity index is 1.27. The van der Waals surface area contributed by atoms with Crippen molar-refractivity contribution in [3.63, 3.8) is 0 Å². The highest BCUT2D eigenvalue weighted by Gasteiger charge is 2.47. The van der Waals surface area contributed by atoms with Crippen LogP contribution in [0.3, 0.4) is 0 Å². The van der Waals surface area contributed by atoms with Crippen LogP contribution in [-0.4, -0.2) is 98.3 Å². The molecule has 2 amide bonds. The second kappa shape index (κ2) is 16.1. The number of ether oxygens (including phenoxy) is 1. The fourth-order valence-electron chi connectivity index (χ4n) is 6.97. The zero-order chi connectivity index (χ0) is 36.2. The van der Waals surface area contributed by atoms with Gasteiger partial charge in [-0.1, -0.05) is 54.6 Å². The number of unbranched alkanes of at least 4 members (excludes halogenated alkanes) is 1. The molecule has 11 nitrogen and oxygen atoms in total. The topological polar surface area (TPSA) is 138 Å². The van der Waals surface area contributed by atoms with Crippen molar-refractivity contribution in [3.05, 3.63) is 63.3 Å². The number of nitrogens with one attached hydrogen (secondary N) is 1. The van der Waals surface area contributed by atoms with Crippen LogP contribution in [-0.2, 0) is 26.2 Å². The maximum atomic E-state index is 14.1. The third-order valence-electron chi connectivity index (χ3n) is 9.71. The molecule has 1 aromatic heterocycles. The number of nitrogens with two attached hydrogens (primary N) is 1. The number of aromatic nitrogens is 1. The van der Waals surface area contributed by atoms with E-state index in [0.717, 1.165) is 36.0 Å². The molecule has 2 aromatic carbocycles. The number of sulfonamides is 1. The van der Waals surface area contributed by atoms with Crippen molar-refractivity contribution < 1.29 is 22.7 Å². The molecule has 1 aliphatic carbocycles. The van der Waals surface area contributed by atoms with Crippen molar-refractivity contribution in [2.75, 3.05) is 46.8 Å². The standard InChI is InChI=1S/C36H48Cl2N6O5S/c1-24-22-25(2)40-33-26(24)10-9-12-30(33)49-23-27-28(37)13-14-31(32(27)38)50(47,48)41-36(15-6-7-16-36)35(46)44-20-18-43(19-21-44)34(45)29(39)11-5-8-17-42(3)4/h9-10,12-14,22,29,41H,5-8,11,15-21,23,39H2,1-4H3. The molecule has 0 radical (unpaired) electrons. The minimum atomic E-state index is -4.28. The van der Waals surface area contributed by atoms with Crippen LogP contribution in [0.5, 0.6) is 5.75 Å². The van der Waals surface area contributed by atoms with Gasteiger partial charge in [0, 0.05) is 47.8 Å². The summed E-state index contributed by atoms with van der Waals surface area (Å²) in [5.41, 5.74) is 7.80. The van der Waals surface area contributed by atoms with Crippen molar-refractivity contribution in [2.24, 2.45) is 5.73 Å². The van der Waals surface area contributed by atoms with E-state index < -0.39 is 21.6 Å². The van der Waals surface area contributed by atoms with E-state index in [-0.39, 0.29) is 33.4 Å². The molecule has 272 valence electrons. The Morgan fingerprint density at radius 3 is 2.40 bits per heavy atom. The summed E-state index contributed by atoms with van der Waals surface area (Å²) in [6, 6.07) is 9.88. The maximum absolute atomic E-state index is 14.1. The molecule has 1 saturated carbocycles. The Morgan fingerprint density at radius 1 is 1.04 bits per heavy atom. The molecule has 1 saturated heterocycles. The average Bonchev–Trinajstić information content (AvgIpc) is 3.54. The number of rotatable bonds is 13. The minimum Gasteiger partial charge on any atom is -0.487 e. The molecule has 1 aliphatic heterocycles. The largest absolute Gasteiger partial charge is 0.487 e. The van der Waals surface area contributed by atoms with Crippen LogP contribution < -0.4 is 15.2 Å². The number of fused-ring (bicyclic) bond motifs is 1. The zero-order valence-corrected chi connectivity index (χ0v) is 31.6. The predicted molar refractivity (Wildman–Crippen MR) is 197 cm³/mol. The number of amides is 2. The number of pyridine rings is 1. The number of aryl methyl sites for hydroxylation is 2. The number of carbonyl (C=O) groups is 2. The fourth-order valence-corrected chi connectivity index (χ4v) is 9.28. The van der Waals surface area contributed by atoms with Crippen LogP contribution in [0.4, 0.5) is 0 Å². The molecule has 1 atom stereocenters. The fraction of sp³-hybridized carbons (Fsp3) is 0.528. The van der Waals surface area contributed by atoms with Gasteiger partial charge in [-0.15, -0.1) is 0 Å². The molecule has 2 heterocycles. The van der Waals surface area contributed by atoms with E-state index >= 15 is 0 Å². The number of benzene rings is 2. The molecule has 2 fully saturated rings. The predicted octanol–water partition coefficient (Wildman–Crippen LogP) is 5.06. The van der Waals surface area contributed by atoms with Gasteiger partial charge in [0.05, 0.1) is 11.1 Å². The Kier molecular flexibility index (Phi) is 12.3. The number of carbonyl (C=O) groups excluding carboxylic acids is 2. The van der Waals surface area contributed by atoms with Crippen LogP contribution in [0.25, 0.3) is 10.9 Å². The highest BCUT2D eigenvalue weighted by molar-refractivity contribution is 7.89. The highest BCUT2D eigenvalue weighted by atomic mass is 35.5. The molecule has 5 rings (SSSR count). The summed E-state index contributed by atoms with van der Waals surface area (Å²) in [7, 11) is -0.250. The van der Waals surface area contributed by atoms with Gasteiger partial charge < -0.3 is 25.2 Å². The Morgan fingerprint density at radius 2 is 1.72 bits per heavy atom. The molecule has 1 unspecified atom stereocenters. The Hall–Kier alpha value is -3.00. The van der Waals surface area contributed by atoms with Crippen LogP contribution in [0.1, 0.15) is 61.8 Å².